The van der Waals surface area contributed by atoms with E-state index in [1.54, 1.807) is 11.4 Å². The van der Waals surface area contributed by atoms with Crippen molar-refractivity contribution < 1.29 is 4.79 Å². The Hall–Kier alpha value is -1.14. The quantitative estimate of drug-likeness (QED) is 0.609. The van der Waals surface area contributed by atoms with Crippen LogP contribution in [0.25, 0.3) is 0 Å². The SMILES string of the molecule is NC(=O)c1ccsc1NC(N)=S. The van der Waals surface area contributed by atoms with E-state index in [0.29, 0.717) is 10.6 Å². The molecule has 0 saturated carbocycles. The molecular formula is C6H7N3OS2. The molecule has 0 aromatic carbocycles. The number of hydrogen-bond acceptors (Lipinski definition) is 3. The lowest BCUT2D eigenvalue weighted by atomic mass is 10.3. The van der Waals surface area contributed by atoms with Gasteiger partial charge in [0, 0.05) is 0 Å². The van der Waals surface area contributed by atoms with Gasteiger partial charge in [-0.2, -0.15) is 0 Å². The minimum absolute atomic E-state index is 0.125. The summed E-state index contributed by atoms with van der Waals surface area (Å²) in [5.74, 6) is -0.491. The number of nitrogens with one attached hydrogen (secondary N) is 1. The fourth-order valence-electron chi connectivity index (χ4n) is 0.712. The molecule has 0 bridgehead atoms. The molecule has 64 valence electrons. The Labute approximate surface area is 78.6 Å². The molecule has 0 aliphatic heterocycles. The molecule has 1 aromatic rings. The number of carbonyl (C=O) groups excluding carboxylic acids is 1. The van der Waals surface area contributed by atoms with E-state index in [0.717, 1.165) is 0 Å². The molecule has 12 heavy (non-hydrogen) atoms. The van der Waals surface area contributed by atoms with E-state index < -0.39 is 5.91 Å². The second-order valence-corrected chi connectivity index (χ2v) is 3.37. The van der Waals surface area contributed by atoms with Gasteiger partial charge < -0.3 is 16.8 Å². The highest BCUT2D eigenvalue weighted by Crippen LogP contribution is 2.21. The molecular weight excluding hydrogens is 194 g/mol. The van der Waals surface area contributed by atoms with E-state index in [2.05, 4.69) is 17.5 Å². The molecule has 0 aliphatic carbocycles. The van der Waals surface area contributed by atoms with E-state index in [4.69, 9.17) is 11.5 Å². The minimum atomic E-state index is -0.491. The number of anilines is 1. The Balaban J connectivity index is 2.91. The first-order valence-electron chi connectivity index (χ1n) is 3.05. The van der Waals surface area contributed by atoms with Gasteiger partial charge in [0.05, 0.1) is 5.56 Å². The summed E-state index contributed by atoms with van der Waals surface area (Å²) in [7, 11) is 0. The first kappa shape index (κ1) is 8.95. The summed E-state index contributed by atoms with van der Waals surface area (Å²) >= 11 is 5.94. The van der Waals surface area contributed by atoms with E-state index in [9.17, 15) is 4.79 Å². The summed E-state index contributed by atoms with van der Waals surface area (Å²) in [6.07, 6.45) is 0. The van der Waals surface area contributed by atoms with Crippen LogP contribution < -0.4 is 16.8 Å². The first-order valence-corrected chi connectivity index (χ1v) is 4.34. The van der Waals surface area contributed by atoms with E-state index in [1.807, 2.05) is 0 Å². The molecule has 6 heteroatoms. The highest BCUT2D eigenvalue weighted by Gasteiger charge is 2.08. The maximum absolute atomic E-state index is 10.8. The maximum atomic E-state index is 10.8. The van der Waals surface area contributed by atoms with Crippen molar-refractivity contribution in [1.82, 2.24) is 0 Å². The average molecular weight is 201 g/mol. The number of carbonyl (C=O) groups is 1. The number of primary amides is 1. The molecule has 1 rings (SSSR count). The Morgan fingerprint density at radius 2 is 2.25 bits per heavy atom. The van der Waals surface area contributed by atoms with Crippen LogP contribution in [0.2, 0.25) is 0 Å². The number of rotatable bonds is 2. The third kappa shape index (κ3) is 1.93. The second-order valence-electron chi connectivity index (χ2n) is 2.02. The molecule has 1 aromatic heterocycles. The zero-order chi connectivity index (χ0) is 9.14. The van der Waals surface area contributed by atoms with Crippen molar-refractivity contribution in [1.29, 1.82) is 0 Å². The Morgan fingerprint density at radius 1 is 1.58 bits per heavy atom. The van der Waals surface area contributed by atoms with Crippen LogP contribution in [0.4, 0.5) is 5.00 Å². The van der Waals surface area contributed by atoms with E-state index in [-0.39, 0.29) is 5.11 Å². The summed E-state index contributed by atoms with van der Waals surface area (Å²) in [5.41, 5.74) is 10.7. The van der Waals surface area contributed by atoms with Gasteiger partial charge >= 0.3 is 0 Å². The molecule has 0 radical (unpaired) electrons. The Bertz CT molecular complexity index is 320. The third-order valence-corrected chi connectivity index (χ3v) is 2.10. The Morgan fingerprint density at radius 3 is 2.75 bits per heavy atom. The lowest BCUT2D eigenvalue weighted by Gasteiger charge is -2.00. The van der Waals surface area contributed by atoms with Gasteiger partial charge in [0.2, 0.25) is 0 Å². The largest absolute Gasteiger partial charge is 0.376 e. The fourth-order valence-corrected chi connectivity index (χ4v) is 1.68. The zero-order valence-corrected chi connectivity index (χ0v) is 7.67. The molecule has 0 spiro atoms. The van der Waals surface area contributed by atoms with Crippen molar-refractivity contribution in [2.45, 2.75) is 0 Å². The number of amides is 1. The molecule has 0 saturated heterocycles. The van der Waals surface area contributed by atoms with Crippen LogP contribution in [0.3, 0.4) is 0 Å². The average Bonchev–Trinajstić information content (AvgIpc) is 2.33. The van der Waals surface area contributed by atoms with Crippen LogP contribution in [0.1, 0.15) is 10.4 Å². The van der Waals surface area contributed by atoms with Crippen LogP contribution in [0, 0.1) is 0 Å². The van der Waals surface area contributed by atoms with Crippen molar-refractivity contribution >= 4 is 39.6 Å². The molecule has 1 heterocycles. The summed E-state index contributed by atoms with van der Waals surface area (Å²) < 4.78 is 0. The van der Waals surface area contributed by atoms with Crippen molar-refractivity contribution in [2.75, 3.05) is 5.32 Å². The van der Waals surface area contributed by atoms with E-state index >= 15 is 0 Å². The van der Waals surface area contributed by atoms with Crippen LogP contribution in [0.5, 0.6) is 0 Å². The fraction of sp³-hybridized carbons (Fsp3) is 0. The second kappa shape index (κ2) is 3.51. The predicted molar refractivity (Wildman–Crippen MR) is 53.2 cm³/mol. The normalized spacial score (nSPS) is 9.33. The van der Waals surface area contributed by atoms with Gasteiger partial charge in [-0.1, -0.05) is 0 Å². The highest BCUT2D eigenvalue weighted by atomic mass is 32.1. The van der Waals surface area contributed by atoms with Gasteiger partial charge in [-0.25, -0.2) is 0 Å². The lowest BCUT2D eigenvalue weighted by molar-refractivity contribution is 0.100. The summed E-state index contributed by atoms with van der Waals surface area (Å²) in [6, 6.07) is 1.62. The predicted octanol–water partition coefficient (Wildman–Crippen LogP) is 0.503. The van der Waals surface area contributed by atoms with Gasteiger partial charge in [0.1, 0.15) is 5.00 Å². The number of thiophene rings is 1. The maximum Gasteiger partial charge on any atom is 0.251 e. The highest BCUT2D eigenvalue weighted by molar-refractivity contribution is 7.80. The smallest absolute Gasteiger partial charge is 0.251 e. The zero-order valence-electron chi connectivity index (χ0n) is 6.03. The summed E-state index contributed by atoms with van der Waals surface area (Å²) in [6.45, 7) is 0. The van der Waals surface area contributed by atoms with Crippen LogP contribution >= 0.6 is 23.6 Å². The van der Waals surface area contributed by atoms with Crippen molar-refractivity contribution in [3.8, 4) is 0 Å². The van der Waals surface area contributed by atoms with Crippen LogP contribution in [0.15, 0.2) is 11.4 Å². The third-order valence-electron chi connectivity index (χ3n) is 1.17. The van der Waals surface area contributed by atoms with Gasteiger partial charge in [0.15, 0.2) is 5.11 Å². The van der Waals surface area contributed by atoms with Gasteiger partial charge in [-0.05, 0) is 23.7 Å². The first-order chi connectivity index (χ1) is 5.61. The van der Waals surface area contributed by atoms with Gasteiger partial charge in [-0.3, -0.25) is 4.79 Å². The van der Waals surface area contributed by atoms with Crippen LogP contribution in [-0.4, -0.2) is 11.0 Å². The molecule has 0 unspecified atom stereocenters. The summed E-state index contributed by atoms with van der Waals surface area (Å²) in [5, 5.41) is 5.12. The molecule has 4 nitrogen and oxygen atoms in total. The summed E-state index contributed by atoms with van der Waals surface area (Å²) in [4.78, 5) is 10.8. The lowest BCUT2D eigenvalue weighted by Crippen LogP contribution is -2.20. The van der Waals surface area contributed by atoms with Crippen molar-refractivity contribution in [3.05, 3.63) is 17.0 Å². The monoisotopic (exact) mass is 201 g/mol. The molecule has 0 atom stereocenters. The van der Waals surface area contributed by atoms with Crippen molar-refractivity contribution in [2.24, 2.45) is 11.5 Å². The van der Waals surface area contributed by atoms with Crippen molar-refractivity contribution in [3.63, 3.8) is 0 Å². The Kier molecular flexibility index (Phi) is 2.61. The van der Waals surface area contributed by atoms with Gasteiger partial charge in [-0.15, -0.1) is 11.3 Å². The molecule has 0 aliphatic rings. The number of nitrogens with two attached hydrogens (primary N) is 2. The topological polar surface area (TPSA) is 81.1 Å². The minimum Gasteiger partial charge on any atom is -0.376 e. The molecule has 0 fully saturated rings. The van der Waals surface area contributed by atoms with Gasteiger partial charge in [0.25, 0.3) is 5.91 Å². The molecule has 1 amide bonds. The number of hydrogen-bond donors (Lipinski definition) is 3. The van der Waals surface area contributed by atoms with Crippen LogP contribution in [-0.2, 0) is 0 Å². The standard InChI is InChI=1S/C6H7N3OS2/c7-4(10)3-1-2-12-5(3)9-6(8)11/h1-2H,(H2,7,10)(H3,8,9,11). The number of thiocarbonyl (C=S) groups is 1. The molecule has 5 N–H and O–H groups in total. The van der Waals surface area contributed by atoms with E-state index in [1.165, 1.54) is 11.3 Å².